The number of amides is 1. The van der Waals surface area contributed by atoms with Crippen molar-refractivity contribution in [3.05, 3.63) is 88.7 Å². The van der Waals surface area contributed by atoms with Crippen molar-refractivity contribution in [3.63, 3.8) is 0 Å². The van der Waals surface area contributed by atoms with Gasteiger partial charge in [0, 0.05) is 54.8 Å². The highest BCUT2D eigenvalue weighted by Gasteiger charge is 2.33. The van der Waals surface area contributed by atoms with Gasteiger partial charge in [-0.2, -0.15) is 0 Å². The van der Waals surface area contributed by atoms with Crippen molar-refractivity contribution >= 4 is 46.3 Å². The minimum atomic E-state index is -0.463. The fourth-order valence-corrected chi connectivity index (χ4v) is 7.24. The monoisotopic (exact) mass is 688 g/mol. The van der Waals surface area contributed by atoms with Gasteiger partial charge >= 0.3 is 0 Å². The first-order valence-electron chi connectivity index (χ1n) is 15.2. The number of carbonyl (C=O) groups excluding carboxylic acids is 1. The molecule has 5 nitrogen and oxygen atoms in total. The lowest BCUT2D eigenvalue weighted by molar-refractivity contribution is -0.136. The number of carbonyl (C=O) groups is 1. The number of thioether (sulfide) groups is 1. The van der Waals surface area contributed by atoms with Crippen LogP contribution >= 0.6 is 40.3 Å². The Bertz CT molecular complexity index is 1330. The van der Waals surface area contributed by atoms with Gasteiger partial charge < -0.3 is 15.5 Å². The highest BCUT2D eigenvalue weighted by atomic mass is 79.9. The van der Waals surface area contributed by atoms with Gasteiger partial charge in [0.05, 0.1) is 6.04 Å². The van der Waals surface area contributed by atoms with Crippen molar-refractivity contribution in [3.8, 4) is 11.1 Å². The van der Waals surface area contributed by atoms with Crippen molar-refractivity contribution in [2.45, 2.75) is 43.7 Å². The summed E-state index contributed by atoms with van der Waals surface area (Å²) in [5.41, 5.74) is 11.0. The Balaban J connectivity index is 0.00000423. The van der Waals surface area contributed by atoms with E-state index in [1.807, 2.05) is 23.1 Å². The molecular weight excluding hydrogens is 647 g/mol. The van der Waals surface area contributed by atoms with Crippen LogP contribution in [0.5, 0.6) is 0 Å². The van der Waals surface area contributed by atoms with Crippen LogP contribution in [0.25, 0.3) is 11.1 Å². The van der Waals surface area contributed by atoms with Gasteiger partial charge in [0.25, 0.3) is 0 Å². The van der Waals surface area contributed by atoms with Gasteiger partial charge in [-0.25, -0.2) is 4.39 Å². The van der Waals surface area contributed by atoms with Crippen LogP contribution in [0, 0.1) is 11.7 Å². The maximum Gasteiger partial charge on any atom is 0.239 e. The molecule has 232 valence electrons. The Labute approximate surface area is 275 Å². The number of halogens is 3. The van der Waals surface area contributed by atoms with Crippen LogP contribution in [0.1, 0.15) is 30.9 Å². The van der Waals surface area contributed by atoms with Gasteiger partial charge in [-0.15, -0.1) is 28.7 Å². The second-order valence-electron chi connectivity index (χ2n) is 11.4. The van der Waals surface area contributed by atoms with E-state index >= 15 is 0 Å². The van der Waals surface area contributed by atoms with E-state index in [-0.39, 0.29) is 34.6 Å². The molecule has 2 heterocycles. The molecule has 0 saturated carbocycles. The van der Waals surface area contributed by atoms with Crippen LogP contribution in [-0.2, 0) is 17.8 Å². The Morgan fingerprint density at radius 3 is 2.40 bits per heavy atom. The van der Waals surface area contributed by atoms with Crippen LogP contribution in [0.15, 0.2) is 71.6 Å². The summed E-state index contributed by atoms with van der Waals surface area (Å²) in [4.78, 5) is 21.0. The Hall–Kier alpha value is -1.94. The van der Waals surface area contributed by atoms with Crippen molar-refractivity contribution < 1.29 is 9.18 Å². The van der Waals surface area contributed by atoms with Crippen LogP contribution in [0.4, 0.5) is 4.39 Å². The average Bonchev–Trinajstić information content (AvgIpc) is 3.02. The molecule has 2 N–H and O–H groups in total. The summed E-state index contributed by atoms with van der Waals surface area (Å²) in [6, 6.07) is 21.5. The number of rotatable bonds is 10. The molecule has 2 aliphatic rings. The molecule has 0 aliphatic carbocycles. The van der Waals surface area contributed by atoms with Crippen molar-refractivity contribution in [1.29, 1.82) is 0 Å². The van der Waals surface area contributed by atoms with E-state index in [9.17, 15) is 9.18 Å². The standard InChI is InChI=1S/C34H42ClFN4OS.BrH/c1-2-42-32-10-6-9-31(36)30(32)24-39-19-21-40(22-20-39)34(41)33(37)26-13-16-38(17-14-26)18-15-27-23-28(35)11-12-29(27)25-7-4-3-5-8-25;/h3-12,23,26,33H,2,13-22,24,37H2,1H3;1H. The molecule has 0 radical (unpaired) electrons. The van der Waals surface area contributed by atoms with E-state index in [0.29, 0.717) is 19.6 Å². The van der Waals surface area contributed by atoms with Gasteiger partial charge in [-0.1, -0.05) is 61.0 Å². The summed E-state index contributed by atoms with van der Waals surface area (Å²) in [6.07, 6.45) is 2.79. The molecule has 5 rings (SSSR count). The third kappa shape index (κ3) is 8.83. The van der Waals surface area contributed by atoms with E-state index in [0.717, 1.165) is 73.2 Å². The van der Waals surface area contributed by atoms with Crippen molar-refractivity contribution in [2.24, 2.45) is 11.7 Å². The largest absolute Gasteiger partial charge is 0.339 e. The summed E-state index contributed by atoms with van der Waals surface area (Å²) in [7, 11) is 0. The second kappa shape index (κ2) is 16.4. The Kier molecular flexibility index (Phi) is 12.9. The van der Waals surface area contributed by atoms with E-state index < -0.39 is 6.04 Å². The fourth-order valence-electron chi connectivity index (χ4n) is 6.23. The number of piperazine rings is 1. The molecule has 3 aromatic carbocycles. The summed E-state index contributed by atoms with van der Waals surface area (Å²) < 4.78 is 14.6. The maximum absolute atomic E-state index is 14.6. The molecule has 1 amide bonds. The molecule has 1 unspecified atom stereocenters. The molecule has 2 aliphatic heterocycles. The smallest absolute Gasteiger partial charge is 0.239 e. The zero-order chi connectivity index (χ0) is 29.5. The summed E-state index contributed by atoms with van der Waals surface area (Å²) >= 11 is 8.04. The zero-order valence-corrected chi connectivity index (χ0v) is 28.2. The number of likely N-dealkylation sites (tertiary alicyclic amines) is 1. The van der Waals surface area contributed by atoms with Gasteiger partial charge in [0.1, 0.15) is 5.82 Å². The zero-order valence-electron chi connectivity index (χ0n) is 24.9. The molecule has 0 spiro atoms. The predicted octanol–water partition coefficient (Wildman–Crippen LogP) is 6.76. The number of hydrogen-bond donors (Lipinski definition) is 1. The normalized spacial score (nSPS) is 17.4. The second-order valence-corrected chi connectivity index (χ2v) is 13.1. The number of piperidine rings is 1. The molecule has 2 saturated heterocycles. The van der Waals surface area contributed by atoms with E-state index in [2.05, 4.69) is 53.1 Å². The Morgan fingerprint density at radius 1 is 0.977 bits per heavy atom. The lowest BCUT2D eigenvalue weighted by Gasteiger charge is -2.39. The van der Waals surface area contributed by atoms with Crippen LogP contribution in [0.2, 0.25) is 5.02 Å². The molecule has 2 fully saturated rings. The Morgan fingerprint density at radius 2 is 1.70 bits per heavy atom. The minimum absolute atomic E-state index is 0. The lowest BCUT2D eigenvalue weighted by Crippen LogP contribution is -2.55. The number of hydrogen-bond acceptors (Lipinski definition) is 5. The molecule has 43 heavy (non-hydrogen) atoms. The van der Waals surface area contributed by atoms with Gasteiger partial charge in [0.15, 0.2) is 0 Å². The van der Waals surface area contributed by atoms with E-state index in [1.54, 1.807) is 23.9 Å². The summed E-state index contributed by atoms with van der Waals surface area (Å²) in [5, 5.41) is 0.765. The van der Waals surface area contributed by atoms with E-state index in [1.165, 1.54) is 16.7 Å². The third-order valence-electron chi connectivity index (χ3n) is 8.72. The lowest BCUT2D eigenvalue weighted by atomic mass is 9.88. The molecular formula is C34H43BrClFN4OS. The highest BCUT2D eigenvalue weighted by molar-refractivity contribution is 8.93. The van der Waals surface area contributed by atoms with Crippen LogP contribution in [-0.4, -0.2) is 78.2 Å². The minimum Gasteiger partial charge on any atom is -0.339 e. The predicted molar refractivity (Wildman–Crippen MR) is 183 cm³/mol. The third-order valence-corrected chi connectivity index (χ3v) is 9.93. The highest BCUT2D eigenvalue weighted by Crippen LogP contribution is 2.29. The first kappa shape index (κ1) is 33.9. The molecule has 1 atom stereocenters. The van der Waals surface area contributed by atoms with Gasteiger partial charge in [0.2, 0.25) is 5.91 Å². The average molecular weight is 690 g/mol. The SMILES string of the molecule is Br.CCSc1cccc(F)c1CN1CCN(C(=O)C(N)C2CCN(CCc3cc(Cl)ccc3-c3ccccc3)CC2)CC1. The first-order valence-corrected chi connectivity index (χ1v) is 16.5. The molecule has 0 bridgehead atoms. The van der Waals surface area contributed by atoms with Crippen molar-refractivity contribution in [2.75, 3.05) is 51.6 Å². The molecule has 3 aromatic rings. The van der Waals surface area contributed by atoms with Gasteiger partial charge in [-0.05, 0) is 85.0 Å². The molecule has 9 heteroatoms. The maximum atomic E-state index is 14.6. The fraction of sp³-hybridized carbons (Fsp3) is 0.441. The topological polar surface area (TPSA) is 52.8 Å². The van der Waals surface area contributed by atoms with E-state index in [4.69, 9.17) is 17.3 Å². The van der Waals surface area contributed by atoms with Crippen LogP contribution in [0.3, 0.4) is 0 Å². The quantitative estimate of drug-likeness (QED) is 0.239. The summed E-state index contributed by atoms with van der Waals surface area (Å²) in [6.45, 7) is 8.25. The van der Waals surface area contributed by atoms with Crippen molar-refractivity contribution in [1.82, 2.24) is 14.7 Å². The summed E-state index contributed by atoms with van der Waals surface area (Å²) in [5.74, 6) is 1.02. The first-order chi connectivity index (χ1) is 20.4. The number of nitrogens with zero attached hydrogens (tertiary/aromatic N) is 3. The van der Waals surface area contributed by atoms with Gasteiger partial charge in [-0.3, -0.25) is 9.69 Å². The number of benzene rings is 3. The molecule has 0 aromatic heterocycles. The van der Waals surface area contributed by atoms with Crippen LogP contribution < -0.4 is 5.73 Å². The number of nitrogens with two attached hydrogens (primary N) is 1.